The van der Waals surface area contributed by atoms with Crippen LogP contribution in [0.5, 0.6) is 0 Å². The van der Waals surface area contributed by atoms with E-state index in [2.05, 4.69) is 39.2 Å². The van der Waals surface area contributed by atoms with Crippen LogP contribution in [0, 0.1) is 0 Å². The number of carbonyl (C=O) groups is 1. The zero-order valence-corrected chi connectivity index (χ0v) is 12.0. The summed E-state index contributed by atoms with van der Waals surface area (Å²) in [5.41, 5.74) is 0. The second kappa shape index (κ2) is 4.81. The second-order valence-corrected chi connectivity index (χ2v) is 10.7. The monoisotopic (exact) mass is 241 g/mol. The summed E-state index contributed by atoms with van der Waals surface area (Å²) in [5.74, 6) is 0.142. The number of nitrogens with one attached hydrogen (secondary N) is 1. The third-order valence-electron chi connectivity index (χ3n) is 3.48. The Morgan fingerprint density at radius 1 is 1.50 bits per heavy atom. The van der Waals surface area contributed by atoms with Crippen molar-refractivity contribution >= 4 is 14.1 Å². The van der Waals surface area contributed by atoms with E-state index in [1.165, 1.54) is 0 Å². The number of hydrogen-bond acceptors (Lipinski definition) is 3. The van der Waals surface area contributed by atoms with Crippen molar-refractivity contribution < 1.29 is 9.22 Å². The minimum Gasteiger partial charge on any atom is -0.415 e. The van der Waals surface area contributed by atoms with Gasteiger partial charge in [0.2, 0.25) is 0 Å². The number of hydrogen-bond donors (Lipinski definition) is 1. The van der Waals surface area contributed by atoms with Gasteiger partial charge >= 0.3 is 0 Å². The van der Waals surface area contributed by atoms with E-state index >= 15 is 0 Å². The summed E-state index contributed by atoms with van der Waals surface area (Å²) in [6.07, 6.45) is 3.55. The molecule has 0 fully saturated rings. The van der Waals surface area contributed by atoms with Crippen LogP contribution in [0.2, 0.25) is 18.1 Å². The van der Waals surface area contributed by atoms with Gasteiger partial charge in [-0.3, -0.25) is 4.79 Å². The average Bonchev–Trinajstić information content (AvgIpc) is 2.15. The molecule has 1 heterocycles. The molecule has 1 rings (SSSR count). The molecule has 16 heavy (non-hydrogen) atoms. The van der Waals surface area contributed by atoms with Gasteiger partial charge in [-0.1, -0.05) is 26.8 Å². The maximum absolute atomic E-state index is 11.0. The van der Waals surface area contributed by atoms with Crippen LogP contribution in [0.4, 0.5) is 0 Å². The van der Waals surface area contributed by atoms with E-state index in [9.17, 15) is 4.79 Å². The lowest BCUT2D eigenvalue weighted by Gasteiger charge is -2.37. The van der Waals surface area contributed by atoms with Gasteiger partial charge in [0.1, 0.15) is 0 Å². The first-order chi connectivity index (χ1) is 7.22. The second-order valence-electron chi connectivity index (χ2n) is 5.88. The van der Waals surface area contributed by atoms with Crippen molar-refractivity contribution in [2.75, 3.05) is 13.2 Å². The van der Waals surface area contributed by atoms with Crippen LogP contribution in [0.1, 0.15) is 20.8 Å². The molecule has 0 amide bonds. The first-order valence-corrected chi connectivity index (χ1v) is 8.71. The molecular formula is C12H23NO2Si. The average molecular weight is 241 g/mol. The van der Waals surface area contributed by atoms with Crippen molar-refractivity contribution in [3.63, 3.8) is 0 Å². The van der Waals surface area contributed by atoms with Crippen LogP contribution in [0.15, 0.2) is 12.2 Å². The van der Waals surface area contributed by atoms with Gasteiger partial charge in [-0.05, 0) is 24.2 Å². The molecule has 0 bridgehead atoms. The molecule has 0 saturated carbocycles. The van der Waals surface area contributed by atoms with Gasteiger partial charge in [0.25, 0.3) is 0 Å². The van der Waals surface area contributed by atoms with E-state index in [1.807, 2.05) is 6.08 Å². The molecule has 0 aliphatic carbocycles. The van der Waals surface area contributed by atoms with Crippen molar-refractivity contribution in [3.05, 3.63) is 12.2 Å². The van der Waals surface area contributed by atoms with Gasteiger partial charge in [-0.25, -0.2) is 0 Å². The summed E-state index contributed by atoms with van der Waals surface area (Å²) < 4.78 is 6.08. The van der Waals surface area contributed by atoms with E-state index in [1.54, 1.807) is 6.08 Å². The maximum Gasteiger partial charge on any atom is 0.192 e. The van der Waals surface area contributed by atoms with E-state index in [0.717, 1.165) is 0 Å². The highest BCUT2D eigenvalue weighted by molar-refractivity contribution is 6.74. The van der Waals surface area contributed by atoms with Gasteiger partial charge in [0, 0.05) is 6.04 Å². The van der Waals surface area contributed by atoms with Crippen LogP contribution in [0.25, 0.3) is 0 Å². The molecule has 0 saturated heterocycles. The smallest absolute Gasteiger partial charge is 0.192 e. The summed E-state index contributed by atoms with van der Waals surface area (Å²) in [6.45, 7) is 12.3. The molecule has 3 nitrogen and oxygen atoms in total. The fourth-order valence-corrected chi connectivity index (χ4v) is 2.24. The number of carbonyl (C=O) groups excluding carboxylic acids is 1. The zero-order valence-electron chi connectivity index (χ0n) is 11.0. The van der Waals surface area contributed by atoms with Crippen LogP contribution in [-0.4, -0.2) is 33.3 Å². The molecule has 92 valence electrons. The minimum absolute atomic E-state index is 0.142. The minimum atomic E-state index is -1.66. The van der Waals surface area contributed by atoms with Crippen molar-refractivity contribution in [1.29, 1.82) is 0 Å². The summed E-state index contributed by atoms with van der Waals surface area (Å²) in [6, 6.07) is 0.187. The van der Waals surface area contributed by atoms with Crippen LogP contribution < -0.4 is 5.32 Å². The molecule has 0 aromatic carbocycles. The third-order valence-corrected chi connectivity index (χ3v) is 7.98. The fourth-order valence-electron chi connectivity index (χ4n) is 1.21. The highest BCUT2D eigenvalue weighted by Crippen LogP contribution is 2.36. The Bertz CT molecular complexity index is 292. The molecule has 0 aromatic heterocycles. The lowest BCUT2D eigenvalue weighted by atomic mass is 10.2. The quantitative estimate of drug-likeness (QED) is 0.769. The molecule has 1 aliphatic rings. The van der Waals surface area contributed by atoms with Gasteiger partial charge in [0.05, 0.1) is 13.2 Å². The molecule has 4 heteroatoms. The fraction of sp³-hybridized carbons (Fsp3) is 0.750. The van der Waals surface area contributed by atoms with Gasteiger partial charge in [-0.15, -0.1) is 0 Å². The first kappa shape index (κ1) is 13.6. The molecule has 1 N–H and O–H groups in total. The Morgan fingerprint density at radius 2 is 2.12 bits per heavy atom. The Kier molecular flexibility index (Phi) is 4.10. The molecule has 1 atom stereocenters. The molecule has 0 radical (unpaired) electrons. The molecule has 0 spiro atoms. The molecule has 1 unspecified atom stereocenters. The summed E-state index contributed by atoms with van der Waals surface area (Å²) in [4.78, 5) is 11.0. The van der Waals surface area contributed by atoms with Crippen LogP contribution >= 0.6 is 0 Å². The van der Waals surface area contributed by atoms with Gasteiger partial charge < -0.3 is 9.74 Å². The summed E-state index contributed by atoms with van der Waals surface area (Å²) >= 11 is 0. The highest BCUT2D eigenvalue weighted by Gasteiger charge is 2.37. The molecule has 1 aliphatic heterocycles. The normalized spacial score (nSPS) is 22.6. The lowest BCUT2D eigenvalue weighted by molar-refractivity contribution is -0.114. The summed E-state index contributed by atoms with van der Waals surface area (Å²) in [5, 5.41) is 3.39. The number of ketones is 1. The standard InChI is InChI=1S/C12H23NO2Si/c1-12(2,3)16(4,5)15-9-10-6-7-11(14)8-13-10/h6-7,10,13H,8-9H2,1-5H3. The van der Waals surface area contributed by atoms with Crippen LogP contribution in [-0.2, 0) is 9.22 Å². The predicted octanol–water partition coefficient (Wildman–Crippen LogP) is 2.11. The van der Waals surface area contributed by atoms with Crippen molar-refractivity contribution in [2.45, 2.75) is 44.9 Å². The van der Waals surface area contributed by atoms with Crippen LogP contribution in [0.3, 0.4) is 0 Å². The van der Waals surface area contributed by atoms with E-state index in [0.29, 0.717) is 13.2 Å². The Morgan fingerprint density at radius 3 is 2.56 bits per heavy atom. The molecular weight excluding hydrogens is 218 g/mol. The zero-order chi connectivity index (χ0) is 12.4. The van der Waals surface area contributed by atoms with Gasteiger partial charge in [0.15, 0.2) is 14.1 Å². The van der Waals surface area contributed by atoms with Crippen molar-refractivity contribution in [1.82, 2.24) is 5.32 Å². The van der Waals surface area contributed by atoms with E-state index in [-0.39, 0.29) is 16.9 Å². The first-order valence-electron chi connectivity index (χ1n) is 5.81. The maximum atomic E-state index is 11.0. The van der Waals surface area contributed by atoms with E-state index in [4.69, 9.17) is 4.43 Å². The topological polar surface area (TPSA) is 38.3 Å². The highest BCUT2D eigenvalue weighted by atomic mass is 28.4. The third kappa shape index (κ3) is 3.54. The SMILES string of the molecule is CC(C)(C)[Si](C)(C)OCC1C=CC(=O)CN1. The Labute approximate surface area is 99.4 Å². The van der Waals surface area contributed by atoms with E-state index < -0.39 is 8.32 Å². The van der Waals surface area contributed by atoms with Gasteiger partial charge in [-0.2, -0.15) is 0 Å². The number of rotatable bonds is 3. The predicted molar refractivity (Wildman–Crippen MR) is 69.1 cm³/mol. The lowest BCUT2D eigenvalue weighted by Crippen LogP contribution is -2.46. The Balaban J connectivity index is 2.46. The summed E-state index contributed by atoms with van der Waals surface area (Å²) in [7, 11) is -1.66. The Hall–Kier alpha value is -0.453. The molecule has 0 aromatic rings. The van der Waals surface area contributed by atoms with Crippen molar-refractivity contribution in [3.8, 4) is 0 Å². The van der Waals surface area contributed by atoms with Crippen molar-refractivity contribution in [2.24, 2.45) is 0 Å². The largest absolute Gasteiger partial charge is 0.415 e.